The molecule has 0 N–H and O–H groups in total. The lowest BCUT2D eigenvalue weighted by molar-refractivity contribution is -0.133. The maximum absolute atomic E-state index is 10.8. The van der Waals surface area contributed by atoms with E-state index in [4.69, 9.17) is 4.74 Å². The van der Waals surface area contributed by atoms with Crippen molar-refractivity contribution in [1.29, 1.82) is 0 Å². The van der Waals surface area contributed by atoms with Gasteiger partial charge in [-0.05, 0) is 13.8 Å². The van der Waals surface area contributed by atoms with Gasteiger partial charge >= 0.3 is 5.97 Å². The van der Waals surface area contributed by atoms with Crippen molar-refractivity contribution in [2.45, 2.75) is 13.8 Å². The van der Waals surface area contributed by atoms with Gasteiger partial charge in [-0.3, -0.25) is 0 Å². The van der Waals surface area contributed by atoms with Crippen LogP contribution in [0, 0.1) is 0 Å². The third-order valence-corrected chi connectivity index (χ3v) is 1.96. The lowest BCUT2D eigenvalue weighted by Gasteiger charge is -1.93. The molecule has 1 aliphatic rings. The molecule has 0 saturated heterocycles. The summed E-state index contributed by atoms with van der Waals surface area (Å²) in [6, 6.07) is 0. The Morgan fingerprint density at radius 2 is 2.00 bits per heavy atom. The Bertz CT molecular complexity index is 238. The summed E-state index contributed by atoms with van der Waals surface area (Å²) >= 11 is 3.10. The van der Waals surface area contributed by atoms with E-state index in [0.29, 0.717) is 11.3 Å². The van der Waals surface area contributed by atoms with E-state index in [-0.39, 0.29) is 5.97 Å². The third kappa shape index (κ3) is 1.01. The van der Waals surface area contributed by atoms with Crippen molar-refractivity contribution in [3.8, 4) is 0 Å². The summed E-state index contributed by atoms with van der Waals surface area (Å²) in [6.45, 7) is 3.61. The Balaban J connectivity index is 3.06. The van der Waals surface area contributed by atoms with E-state index < -0.39 is 0 Å². The van der Waals surface area contributed by atoms with Crippen LogP contribution in [-0.4, -0.2) is 5.97 Å². The number of carbonyl (C=O) groups is 1. The van der Waals surface area contributed by atoms with Crippen LogP contribution in [0.5, 0.6) is 0 Å². The molecule has 0 aromatic heterocycles. The minimum absolute atomic E-state index is 0.247. The zero-order chi connectivity index (χ0) is 7.72. The molecule has 0 bridgehead atoms. The molecule has 1 rings (SSSR count). The Hall–Kier alpha value is -0.570. The second-order valence-corrected chi connectivity index (χ2v) is 2.57. The molecule has 0 radical (unpaired) electrons. The van der Waals surface area contributed by atoms with Gasteiger partial charge in [-0.2, -0.15) is 0 Å². The van der Waals surface area contributed by atoms with Crippen molar-refractivity contribution in [2.75, 3.05) is 0 Å². The van der Waals surface area contributed by atoms with E-state index in [1.165, 1.54) is 0 Å². The van der Waals surface area contributed by atoms with Crippen LogP contribution in [0.3, 0.4) is 0 Å². The Labute approximate surface area is 67.7 Å². The summed E-state index contributed by atoms with van der Waals surface area (Å²) in [5, 5.41) is 0. The van der Waals surface area contributed by atoms with Crippen molar-refractivity contribution in [3.63, 3.8) is 0 Å². The summed E-state index contributed by atoms with van der Waals surface area (Å²) in [6.07, 6.45) is 0. The fraction of sp³-hybridized carbons (Fsp3) is 0.286. The van der Waals surface area contributed by atoms with Crippen molar-refractivity contribution >= 4 is 21.9 Å². The molecule has 0 atom stereocenters. The van der Waals surface area contributed by atoms with Gasteiger partial charge in [-0.15, -0.1) is 0 Å². The lowest BCUT2D eigenvalue weighted by atomic mass is 10.2. The van der Waals surface area contributed by atoms with E-state index >= 15 is 0 Å². The SMILES string of the molecule is CC1=C(C)/C(=C\Br)OC1=O. The maximum atomic E-state index is 10.8. The smallest absolute Gasteiger partial charge is 0.339 e. The Morgan fingerprint density at radius 3 is 2.20 bits per heavy atom. The summed E-state index contributed by atoms with van der Waals surface area (Å²) in [5.41, 5.74) is 1.59. The molecule has 0 aromatic carbocycles. The number of hydrogen-bond acceptors (Lipinski definition) is 2. The zero-order valence-electron chi connectivity index (χ0n) is 5.77. The van der Waals surface area contributed by atoms with Crippen molar-refractivity contribution in [3.05, 3.63) is 21.9 Å². The van der Waals surface area contributed by atoms with E-state index in [1.807, 2.05) is 6.92 Å². The van der Waals surface area contributed by atoms with Crippen LogP contribution in [0.2, 0.25) is 0 Å². The highest BCUT2D eigenvalue weighted by atomic mass is 79.9. The predicted octanol–water partition coefficient (Wildman–Crippen LogP) is 2.12. The number of rotatable bonds is 0. The molecule has 0 amide bonds. The number of carbonyl (C=O) groups excluding carboxylic acids is 1. The summed E-state index contributed by atoms with van der Waals surface area (Å²) in [5.74, 6) is 0.366. The number of halogens is 1. The van der Waals surface area contributed by atoms with Gasteiger partial charge in [-0.25, -0.2) is 4.79 Å². The first-order valence-corrected chi connectivity index (χ1v) is 3.78. The van der Waals surface area contributed by atoms with Gasteiger partial charge in [0, 0.05) is 16.1 Å². The van der Waals surface area contributed by atoms with Crippen LogP contribution in [0.1, 0.15) is 13.8 Å². The number of esters is 1. The quantitative estimate of drug-likeness (QED) is 0.563. The van der Waals surface area contributed by atoms with Crippen LogP contribution < -0.4 is 0 Å². The van der Waals surface area contributed by atoms with Gasteiger partial charge in [0.25, 0.3) is 0 Å². The molecule has 1 heterocycles. The van der Waals surface area contributed by atoms with Crippen LogP contribution >= 0.6 is 15.9 Å². The Kier molecular flexibility index (Phi) is 1.94. The van der Waals surface area contributed by atoms with Crippen LogP contribution in [0.25, 0.3) is 0 Å². The third-order valence-electron chi connectivity index (χ3n) is 1.54. The highest BCUT2D eigenvalue weighted by Crippen LogP contribution is 2.25. The second kappa shape index (κ2) is 2.58. The number of hydrogen-bond donors (Lipinski definition) is 0. The van der Waals surface area contributed by atoms with Crippen LogP contribution in [-0.2, 0) is 9.53 Å². The van der Waals surface area contributed by atoms with Crippen LogP contribution in [0.15, 0.2) is 21.9 Å². The number of cyclic esters (lactones) is 1. The molecular weight excluding hydrogens is 196 g/mol. The molecule has 0 fully saturated rings. The van der Waals surface area contributed by atoms with Crippen molar-refractivity contribution < 1.29 is 9.53 Å². The molecule has 3 heteroatoms. The van der Waals surface area contributed by atoms with Gasteiger partial charge in [-0.1, -0.05) is 15.9 Å². The van der Waals surface area contributed by atoms with E-state index in [9.17, 15) is 4.79 Å². The fourth-order valence-electron chi connectivity index (χ4n) is 0.695. The number of allylic oxidation sites excluding steroid dienone is 1. The molecule has 1 aliphatic heterocycles. The molecule has 2 nitrogen and oxygen atoms in total. The zero-order valence-corrected chi connectivity index (χ0v) is 7.36. The Morgan fingerprint density at radius 1 is 1.40 bits per heavy atom. The molecule has 0 aliphatic carbocycles. The van der Waals surface area contributed by atoms with E-state index in [2.05, 4.69) is 15.9 Å². The largest absolute Gasteiger partial charge is 0.422 e. The monoisotopic (exact) mass is 202 g/mol. The minimum Gasteiger partial charge on any atom is -0.422 e. The topological polar surface area (TPSA) is 26.3 Å². The van der Waals surface area contributed by atoms with Gasteiger partial charge in [0.15, 0.2) is 0 Å². The molecule has 54 valence electrons. The average Bonchev–Trinajstić information content (AvgIpc) is 2.17. The normalized spacial score (nSPS) is 22.3. The predicted molar refractivity (Wildman–Crippen MR) is 41.5 cm³/mol. The molecule has 0 aromatic rings. The summed E-state index contributed by atoms with van der Waals surface area (Å²) < 4.78 is 4.84. The van der Waals surface area contributed by atoms with Gasteiger partial charge in [0.2, 0.25) is 0 Å². The highest BCUT2D eigenvalue weighted by molar-refractivity contribution is 9.11. The second-order valence-electron chi connectivity index (χ2n) is 2.11. The first-order chi connectivity index (χ1) is 4.66. The molecule has 0 spiro atoms. The number of ether oxygens (including phenoxy) is 1. The van der Waals surface area contributed by atoms with E-state index in [1.54, 1.807) is 11.9 Å². The minimum atomic E-state index is -0.247. The summed E-state index contributed by atoms with van der Waals surface area (Å²) in [4.78, 5) is 12.4. The fourth-order valence-corrected chi connectivity index (χ4v) is 1.13. The van der Waals surface area contributed by atoms with Gasteiger partial charge < -0.3 is 4.74 Å². The molecular formula is C7H7BrO2. The average molecular weight is 203 g/mol. The van der Waals surface area contributed by atoms with Gasteiger partial charge in [0.1, 0.15) is 5.76 Å². The lowest BCUT2D eigenvalue weighted by Crippen LogP contribution is -1.94. The van der Waals surface area contributed by atoms with Crippen molar-refractivity contribution in [1.82, 2.24) is 0 Å². The summed E-state index contributed by atoms with van der Waals surface area (Å²) in [7, 11) is 0. The molecule has 0 unspecified atom stereocenters. The van der Waals surface area contributed by atoms with Crippen molar-refractivity contribution in [2.24, 2.45) is 0 Å². The highest BCUT2D eigenvalue weighted by Gasteiger charge is 2.22. The maximum Gasteiger partial charge on any atom is 0.339 e. The standard InChI is InChI=1S/C7H7BrO2/c1-4-5(2)7(9)10-6(4)3-8/h3H,1-2H3/b6-3+. The first-order valence-electron chi connectivity index (χ1n) is 2.87. The molecule has 0 saturated carbocycles. The first kappa shape index (κ1) is 7.54. The van der Waals surface area contributed by atoms with Gasteiger partial charge in [0.05, 0.1) is 0 Å². The van der Waals surface area contributed by atoms with Crippen LogP contribution in [0.4, 0.5) is 0 Å². The molecule has 10 heavy (non-hydrogen) atoms. The van der Waals surface area contributed by atoms with E-state index in [0.717, 1.165) is 5.57 Å².